The number of rotatable bonds is 4. The molecule has 82 valence electrons. The summed E-state index contributed by atoms with van der Waals surface area (Å²) in [5, 5.41) is 5.24. The van der Waals surface area contributed by atoms with E-state index in [0.717, 1.165) is 0 Å². The number of nitrogens with two attached hydrogens (primary N) is 1. The Kier molecular flexibility index (Phi) is 4.93. The third kappa shape index (κ3) is 4.11. The number of benzene rings is 1. The minimum atomic E-state index is -0.933. The molecule has 0 aliphatic carbocycles. The molecule has 0 amide bonds. The van der Waals surface area contributed by atoms with Gasteiger partial charge in [-0.25, -0.2) is 4.79 Å². The molecular weight excluding hydrogens is 280 g/mol. The standard InChI is InChI=1S/C9H11BrN2O2S/c10-8-4-2-1-3-7(8)9(13)14-5-6-15(11)12/h1-4H,5-6H2,(H3,11,12). The third-order valence-corrected chi connectivity index (χ3v) is 2.93. The lowest BCUT2D eigenvalue weighted by atomic mass is 10.2. The van der Waals surface area contributed by atoms with Gasteiger partial charge in [0, 0.05) is 4.47 Å². The van der Waals surface area contributed by atoms with Crippen molar-refractivity contribution in [3.63, 3.8) is 0 Å². The maximum Gasteiger partial charge on any atom is 0.339 e. The molecule has 0 saturated carbocycles. The lowest BCUT2D eigenvalue weighted by molar-refractivity contribution is 0.0529. The highest BCUT2D eigenvalue weighted by molar-refractivity contribution is 9.10. The van der Waals surface area contributed by atoms with Crippen molar-refractivity contribution in [2.75, 3.05) is 12.4 Å². The fourth-order valence-electron chi connectivity index (χ4n) is 0.929. The Hall–Kier alpha value is -0.720. The number of carbonyl (C=O) groups excluding carboxylic acids is 1. The molecule has 0 aromatic heterocycles. The summed E-state index contributed by atoms with van der Waals surface area (Å²) in [5.41, 5.74) is 0.486. The summed E-state index contributed by atoms with van der Waals surface area (Å²) >= 11 is 3.26. The Labute approximate surface area is 99.0 Å². The molecule has 0 saturated heterocycles. The van der Waals surface area contributed by atoms with E-state index in [1.807, 2.05) is 6.07 Å². The quantitative estimate of drug-likeness (QED) is 0.831. The molecule has 6 heteroatoms. The second kappa shape index (κ2) is 5.99. The first-order chi connectivity index (χ1) is 7.11. The molecular formula is C9H11BrN2O2S. The van der Waals surface area contributed by atoms with Gasteiger partial charge in [0.1, 0.15) is 6.61 Å². The van der Waals surface area contributed by atoms with Crippen LogP contribution in [0, 0.1) is 4.78 Å². The van der Waals surface area contributed by atoms with Crippen LogP contribution in [0.5, 0.6) is 0 Å². The van der Waals surface area contributed by atoms with Crippen molar-refractivity contribution in [3.8, 4) is 0 Å². The molecule has 0 radical (unpaired) electrons. The summed E-state index contributed by atoms with van der Waals surface area (Å²) in [7, 11) is -0.933. The van der Waals surface area contributed by atoms with Gasteiger partial charge in [-0.1, -0.05) is 12.1 Å². The van der Waals surface area contributed by atoms with Crippen molar-refractivity contribution in [2.45, 2.75) is 0 Å². The number of ether oxygens (including phenoxy) is 1. The number of nitrogens with one attached hydrogen (secondary N) is 1. The van der Waals surface area contributed by atoms with Crippen LogP contribution in [0.3, 0.4) is 0 Å². The Bertz CT molecular complexity index is 384. The summed E-state index contributed by atoms with van der Waals surface area (Å²) in [6, 6.07) is 7.03. The average Bonchev–Trinajstić information content (AvgIpc) is 2.17. The first-order valence-electron chi connectivity index (χ1n) is 4.19. The maximum atomic E-state index is 11.5. The number of halogens is 1. The Morgan fingerprint density at radius 1 is 1.53 bits per heavy atom. The van der Waals surface area contributed by atoms with Crippen LogP contribution in [0.1, 0.15) is 10.4 Å². The van der Waals surface area contributed by atoms with Gasteiger partial charge in [-0.05, 0) is 38.9 Å². The fourth-order valence-corrected chi connectivity index (χ4v) is 1.64. The number of esters is 1. The van der Waals surface area contributed by atoms with Crippen molar-refractivity contribution in [2.24, 2.45) is 5.14 Å². The van der Waals surface area contributed by atoms with Crippen LogP contribution in [0.2, 0.25) is 0 Å². The van der Waals surface area contributed by atoms with Crippen LogP contribution in [-0.2, 0) is 15.6 Å². The van der Waals surface area contributed by atoms with Crippen LogP contribution in [-0.4, -0.2) is 18.3 Å². The fraction of sp³-hybridized carbons (Fsp3) is 0.222. The van der Waals surface area contributed by atoms with E-state index in [0.29, 0.717) is 15.8 Å². The van der Waals surface area contributed by atoms with E-state index in [1.165, 1.54) is 0 Å². The van der Waals surface area contributed by atoms with Gasteiger partial charge in [-0.15, -0.1) is 0 Å². The zero-order chi connectivity index (χ0) is 11.3. The summed E-state index contributed by atoms with van der Waals surface area (Å²) in [6.45, 7) is 0.184. The molecule has 0 aliphatic heterocycles. The minimum absolute atomic E-state index is 0.184. The molecule has 0 spiro atoms. The van der Waals surface area contributed by atoms with Gasteiger partial charge in [-0.3, -0.25) is 9.92 Å². The van der Waals surface area contributed by atoms with E-state index < -0.39 is 16.8 Å². The highest BCUT2D eigenvalue weighted by Gasteiger charge is 2.09. The molecule has 0 unspecified atom stereocenters. The third-order valence-electron chi connectivity index (χ3n) is 1.63. The first-order valence-corrected chi connectivity index (χ1v) is 6.44. The summed E-state index contributed by atoms with van der Waals surface area (Å²) < 4.78 is 12.7. The highest BCUT2D eigenvalue weighted by atomic mass is 79.9. The molecule has 0 bridgehead atoms. The SMILES string of the molecule is N=[S@](N)CCOC(=O)c1ccccc1Br. The van der Waals surface area contributed by atoms with Crippen molar-refractivity contribution in [3.05, 3.63) is 34.3 Å². The predicted molar refractivity (Wildman–Crippen MR) is 63.6 cm³/mol. The van der Waals surface area contributed by atoms with Crippen LogP contribution in [0.25, 0.3) is 0 Å². The van der Waals surface area contributed by atoms with Gasteiger partial charge >= 0.3 is 5.97 Å². The van der Waals surface area contributed by atoms with Crippen molar-refractivity contribution in [1.29, 1.82) is 4.78 Å². The van der Waals surface area contributed by atoms with Crippen LogP contribution < -0.4 is 5.14 Å². The van der Waals surface area contributed by atoms with Gasteiger partial charge < -0.3 is 4.74 Å². The summed E-state index contributed by atoms with van der Waals surface area (Å²) in [5.74, 6) is -0.0242. The van der Waals surface area contributed by atoms with Crippen molar-refractivity contribution >= 4 is 32.8 Å². The average molecular weight is 291 g/mol. The maximum absolute atomic E-state index is 11.5. The minimum Gasteiger partial charge on any atom is -0.461 e. The largest absolute Gasteiger partial charge is 0.461 e. The van der Waals surface area contributed by atoms with Gasteiger partial charge in [0.25, 0.3) is 0 Å². The second-order valence-corrected chi connectivity index (χ2v) is 4.87. The zero-order valence-electron chi connectivity index (χ0n) is 7.90. The molecule has 1 rings (SSSR count). The zero-order valence-corrected chi connectivity index (χ0v) is 10.3. The molecule has 15 heavy (non-hydrogen) atoms. The van der Waals surface area contributed by atoms with E-state index >= 15 is 0 Å². The smallest absolute Gasteiger partial charge is 0.339 e. The summed E-state index contributed by atoms with van der Waals surface area (Å²) in [4.78, 5) is 11.5. The Balaban J connectivity index is 2.54. The second-order valence-electron chi connectivity index (χ2n) is 2.75. The van der Waals surface area contributed by atoms with Gasteiger partial charge in [0.2, 0.25) is 0 Å². The molecule has 1 aromatic rings. The normalized spacial score (nSPS) is 12.1. The van der Waals surface area contributed by atoms with Crippen LogP contribution in [0.15, 0.2) is 28.7 Å². The Morgan fingerprint density at radius 2 is 2.20 bits per heavy atom. The lowest BCUT2D eigenvalue weighted by Crippen LogP contribution is -2.15. The molecule has 0 aliphatic rings. The predicted octanol–water partition coefficient (Wildman–Crippen LogP) is 1.86. The summed E-state index contributed by atoms with van der Waals surface area (Å²) in [6.07, 6.45) is 0. The van der Waals surface area contributed by atoms with E-state index in [-0.39, 0.29) is 6.61 Å². The molecule has 0 fully saturated rings. The van der Waals surface area contributed by atoms with Crippen molar-refractivity contribution < 1.29 is 9.53 Å². The Morgan fingerprint density at radius 3 is 2.80 bits per heavy atom. The number of carbonyl (C=O) groups is 1. The van der Waals surface area contributed by atoms with Gasteiger partial charge in [0.15, 0.2) is 0 Å². The molecule has 1 atom stereocenters. The first kappa shape index (κ1) is 12.4. The molecule has 3 N–H and O–H groups in total. The number of hydrogen-bond acceptors (Lipinski definition) is 3. The molecule has 1 aromatic carbocycles. The van der Waals surface area contributed by atoms with Crippen LogP contribution in [0.4, 0.5) is 0 Å². The van der Waals surface area contributed by atoms with Gasteiger partial charge in [0.05, 0.1) is 11.3 Å². The molecule has 0 heterocycles. The van der Waals surface area contributed by atoms with E-state index in [9.17, 15) is 4.79 Å². The molecule has 4 nitrogen and oxygen atoms in total. The number of hydrogen-bond donors (Lipinski definition) is 2. The van der Waals surface area contributed by atoms with E-state index in [4.69, 9.17) is 14.7 Å². The van der Waals surface area contributed by atoms with Crippen molar-refractivity contribution in [1.82, 2.24) is 0 Å². The lowest BCUT2D eigenvalue weighted by Gasteiger charge is -2.05. The van der Waals surface area contributed by atoms with Crippen LogP contribution >= 0.6 is 15.9 Å². The highest BCUT2D eigenvalue weighted by Crippen LogP contribution is 2.16. The topological polar surface area (TPSA) is 76.2 Å². The monoisotopic (exact) mass is 290 g/mol. The van der Waals surface area contributed by atoms with E-state index in [1.54, 1.807) is 18.2 Å². The van der Waals surface area contributed by atoms with E-state index in [2.05, 4.69) is 15.9 Å². The van der Waals surface area contributed by atoms with Gasteiger partial charge in [-0.2, -0.15) is 0 Å².